The van der Waals surface area contributed by atoms with Crippen molar-refractivity contribution < 1.29 is 24.5 Å². The molecule has 25 heavy (non-hydrogen) atoms. The van der Waals surface area contributed by atoms with E-state index in [1.807, 2.05) is 26.0 Å². The highest BCUT2D eigenvalue weighted by atomic mass is 16.5. The van der Waals surface area contributed by atoms with E-state index in [9.17, 15) is 14.7 Å². The van der Waals surface area contributed by atoms with E-state index >= 15 is 0 Å². The second-order valence-electron chi connectivity index (χ2n) is 6.57. The van der Waals surface area contributed by atoms with Gasteiger partial charge < -0.3 is 30.5 Å². The van der Waals surface area contributed by atoms with Crippen molar-refractivity contribution in [2.24, 2.45) is 0 Å². The minimum Gasteiger partial charge on any atom is -0.479 e. The van der Waals surface area contributed by atoms with Gasteiger partial charge in [0.15, 0.2) is 5.60 Å². The van der Waals surface area contributed by atoms with E-state index in [4.69, 9.17) is 9.84 Å². The molecule has 1 aliphatic heterocycles. The molecule has 4 N–H and O–H groups in total. The maximum atomic E-state index is 12.1. The molecule has 0 saturated carbocycles. The summed E-state index contributed by atoms with van der Waals surface area (Å²) in [6.07, 6.45) is 0.160. The third-order valence-corrected chi connectivity index (χ3v) is 3.97. The molecule has 1 heterocycles. The van der Waals surface area contributed by atoms with Gasteiger partial charge in [-0.2, -0.15) is 0 Å². The number of ether oxygens (including phenoxy) is 1. The molecule has 8 heteroatoms. The molecular weight excluding hydrogens is 326 g/mol. The Labute approximate surface area is 146 Å². The van der Waals surface area contributed by atoms with Gasteiger partial charge >= 0.3 is 12.0 Å². The summed E-state index contributed by atoms with van der Waals surface area (Å²) in [5.74, 6) is -1.40. The average Bonchev–Trinajstić information content (AvgIpc) is 2.52. The number of aliphatic hydroxyl groups is 1. The first kappa shape index (κ1) is 19.0. The number of urea groups is 1. The monoisotopic (exact) mass is 351 g/mol. The van der Waals surface area contributed by atoms with E-state index in [1.54, 1.807) is 12.1 Å². The summed E-state index contributed by atoms with van der Waals surface area (Å²) in [5.41, 5.74) is -0.549. The summed E-state index contributed by atoms with van der Waals surface area (Å²) in [6, 6.07) is 6.80. The van der Waals surface area contributed by atoms with E-state index < -0.39 is 24.1 Å². The van der Waals surface area contributed by atoms with Gasteiger partial charge in [0.1, 0.15) is 0 Å². The molecule has 138 valence electrons. The molecule has 1 fully saturated rings. The first-order valence-electron chi connectivity index (χ1n) is 8.19. The van der Waals surface area contributed by atoms with Crippen LogP contribution in [0, 0.1) is 0 Å². The SMILES string of the molecule is CC1CN(c2ccccc2NC(=O)NCC(C)(O)C(=O)O)CC(C)O1. The van der Waals surface area contributed by atoms with Crippen LogP contribution in [0.25, 0.3) is 0 Å². The third-order valence-electron chi connectivity index (χ3n) is 3.97. The van der Waals surface area contributed by atoms with Gasteiger partial charge in [0.2, 0.25) is 0 Å². The van der Waals surface area contributed by atoms with Gasteiger partial charge in [0.05, 0.1) is 30.1 Å². The van der Waals surface area contributed by atoms with Crippen molar-refractivity contribution >= 4 is 23.4 Å². The van der Waals surface area contributed by atoms with Crippen LogP contribution in [0.15, 0.2) is 24.3 Å². The number of morpholine rings is 1. The number of nitrogens with zero attached hydrogens (tertiary/aromatic N) is 1. The second kappa shape index (κ2) is 7.71. The lowest BCUT2D eigenvalue weighted by atomic mass is 10.1. The number of carbonyl (C=O) groups excluding carboxylic acids is 1. The van der Waals surface area contributed by atoms with Crippen molar-refractivity contribution in [3.63, 3.8) is 0 Å². The number of anilines is 2. The molecule has 1 aromatic carbocycles. The fourth-order valence-corrected chi connectivity index (χ4v) is 2.72. The molecular formula is C17H25N3O5. The molecule has 8 nitrogen and oxygen atoms in total. The molecule has 1 aromatic rings. The Morgan fingerprint density at radius 1 is 1.28 bits per heavy atom. The van der Waals surface area contributed by atoms with Crippen LogP contribution in [0.4, 0.5) is 16.2 Å². The third kappa shape index (κ3) is 5.07. The Hall–Kier alpha value is -2.32. The number of hydrogen-bond acceptors (Lipinski definition) is 5. The van der Waals surface area contributed by atoms with Crippen LogP contribution < -0.4 is 15.5 Å². The molecule has 3 atom stereocenters. The summed E-state index contributed by atoms with van der Waals surface area (Å²) < 4.78 is 5.73. The summed E-state index contributed by atoms with van der Waals surface area (Å²) >= 11 is 0. The maximum Gasteiger partial charge on any atom is 0.337 e. The average molecular weight is 351 g/mol. The molecule has 0 bridgehead atoms. The fourth-order valence-electron chi connectivity index (χ4n) is 2.72. The van der Waals surface area contributed by atoms with Gasteiger partial charge in [0, 0.05) is 13.1 Å². The molecule has 0 radical (unpaired) electrons. The zero-order chi connectivity index (χ0) is 18.6. The first-order valence-corrected chi connectivity index (χ1v) is 8.19. The first-order chi connectivity index (χ1) is 11.7. The number of carbonyl (C=O) groups is 2. The van der Waals surface area contributed by atoms with Crippen molar-refractivity contribution in [2.45, 2.75) is 38.6 Å². The lowest BCUT2D eigenvalue weighted by Gasteiger charge is -2.37. The normalized spacial score (nSPS) is 22.8. The number of carboxylic acids is 1. The van der Waals surface area contributed by atoms with E-state index in [1.165, 1.54) is 0 Å². The predicted molar refractivity (Wildman–Crippen MR) is 93.9 cm³/mol. The quantitative estimate of drug-likeness (QED) is 0.635. The Balaban J connectivity index is 2.05. The van der Waals surface area contributed by atoms with Gasteiger partial charge in [-0.3, -0.25) is 0 Å². The van der Waals surface area contributed by atoms with Crippen LogP contribution in [-0.4, -0.2) is 59.7 Å². The number of benzene rings is 1. The van der Waals surface area contributed by atoms with Gasteiger partial charge in [-0.15, -0.1) is 0 Å². The highest BCUT2D eigenvalue weighted by Gasteiger charge is 2.30. The minimum absolute atomic E-state index is 0.0799. The zero-order valence-electron chi connectivity index (χ0n) is 14.7. The van der Waals surface area contributed by atoms with E-state index in [0.29, 0.717) is 18.8 Å². The summed E-state index contributed by atoms with van der Waals surface area (Å²) in [5, 5.41) is 23.6. The van der Waals surface area contributed by atoms with Crippen molar-refractivity contribution in [1.29, 1.82) is 0 Å². The molecule has 0 spiro atoms. The molecule has 2 rings (SSSR count). The van der Waals surface area contributed by atoms with E-state index in [0.717, 1.165) is 12.6 Å². The zero-order valence-corrected chi connectivity index (χ0v) is 14.7. The summed E-state index contributed by atoms with van der Waals surface area (Å²) in [4.78, 5) is 25.1. The van der Waals surface area contributed by atoms with Crippen molar-refractivity contribution in [1.82, 2.24) is 5.32 Å². The van der Waals surface area contributed by atoms with Crippen LogP contribution in [0.2, 0.25) is 0 Å². The minimum atomic E-state index is -2.02. The number of rotatable bonds is 5. The van der Waals surface area contributed by atoms with Crippen LogP contribution >= 0.6 is 0 Å². The Bertz CT molecular complexity index is 624. The van der Waals surface area contributed by atoms with Gasteiger partial charge in [-0.25, -0.2) is 9.59 Å². The number of aliphatic carboxylic acids is 1. The highest BCUT2D eigenvalue weighted by Crippen LogP contribution is 2.28. The number of carboxylic acid groups (broad SMARTS) is 1. The molecule has 2 amide bonds. The molecule has 1 aliphatic rings. The topological polar surface area (TPSA) is 111 Å². The van der Waals surface area contributed by atoms with Crippen LogP contribution in [0.5, 0.6) is 0 Å². The molecule has 3 unspecified atom stereocenters. The molecule has 0 aliphatic carbocycles. The number of para-hydroxylation sites is 2. The van der Waals surface area contributed by atoms with Crippen LogP contribution in [-0.2, 0) is 9.53 Å². The van der Waals surface area contributed by atoms with Gasteiger partial charge in [-0.1, -0.05) is 12.1 Å². The summed E-state index contributed by atoms with van der Waals surface area (Å²) in [7, 11) is 0. The van der Waals surface area contributed by atoms with Crippen LogP contribution in [0.1, 0.15) is 20.8 Å². The second-order valence-corrected chi connectivity index (χ2v) is 6.57. The van der Waals surface area contributed by atoms with Crippen molar-refractivity contribution in [3.8, 4) is 0 Å². The Kier molecular flexibility index (Phi) is 5.86. The number of nitrogens with one attached hydrogen (secondary N) is 2. The van der Waals surface area contributed by atoms with Crippen LogP contribution in [0.3, 0.4) is 0 Å². The smallest absolute Gasteiger partial charge is 0.337 e. The van der Waals surface area contributed by atoms with E-state index in [-0.39, 0.29) is 12.2 Å². The standard InChI is InChI=1S/C17H25N3O5/c1-11-8-20(9-12(2)25-11)14-7-5-4-6-13(14)19-16(23)18-10-17(3,24)15(21)22/h4-7,11-12,24H,8-10H2,1-3H3,(H,21,22)(H2,18,19,23). The Morgan fingerprint density at radius 3 is 2.48 bits per heavy atom. The van der Waals surface area contributed by atoms with E-state index in [2.05, 4.69) is 15.5 Å². The molecule has 0 aromatic heterocycles. The lowest BCUT2D eigenvalue weighted by molar-refractivity contribution is -0.155. The largest absolute Gasteiger partial charge is 0.479 e. The van der Waals surface area contributed by atoms with Crippen molar-refractivity contribution in [2.75, 3.05) is 29.9 Å². The number of amides is 2. The van der Waals surface area contributed by atoms with Gasteiger partial charge in [-0.05, 0) is 32.9 Å². The highest BCUT2D eigenvalue weighted by molar-refractivity contribution is 5.93. The van der Waals surface area contributed by atoms with Gasteiger partial charge in [0.25, 0.3) is 0 Å². The van der Waals surface area contributed by atoms with Crippen molar-refractivity contribution in [3.05, 3.63) is 24.3 Å². The summed E-state index contributed by atoms with van der Waals surface area (Å²) in [6.45, 7) is 6.14. The lowest BCUT2D eigenvalue weighted by Crippen LogP contribution is -2.48. The maximum absolute atomic E-state index is 12.1. The molecule has 1 saturated heterocycles. The predicted octanol–water partition coefficient (Wildman–Crippen LogP) is 1.26. The number of hydrogen-bond donors (Lipinski definition) is 4. The Morgan fingerprint density at radius 2 is 1.88 bits per heavy atom. The fraction of sp³-hybridized carbons (Fsp3) is 0.529.